The fraction of sp³-hybridized carbons (Fsp3) is 0.941. The SMILES string of the molecule is O=C(CCCNC1CCC2(CCCC2)CC1)NC1CC1. The summed E-state index contributed by atoms with van der Waals surface area (Å²) < 4.78 is 0. The Bertz CT molecular complexity index is 322. The Kier molecular flexibility index (Phi) is 4.65. The van der Waals surface area contributed by atoms with Gasteiger partial charge in [0.05, 0.1) is 0 Å². The lowest BCUT2D eigenvalue weighted by molar-refractivity contribution is -0.121. The summed E-state index contributed by atoms with van der Waals surface area (Å²) in [6.45, 7) is 1.01. The molecule has 3 rings (SSSR count). The van der Waals surface area contributed by atoms with Gasteiger partial charge in [-0.25, -0.2) is 0 Å². The van der Waals surface area contributed by atoms with Crippen LogP contribution in [0, 0.1) is 5.41 Å². The molecule has 0 bridgehead atoms. The van der Waals surface area contributed by atoms with Gasteiger partial charge in [0.1, 0.15) is 0 Å². The molecule has 3 heteroatoms. The van der Waals surface area contributed by atoms with Crippen molar-refractivity contribution in [3.05, 3.63) is 0 Å². The molecule has 1 amide bonds. The third-order valence-electron chi connectivity index (χ3n) is 5.67. The molecular formula is C17H30N2O. The number of carbonyl (C=O) groups excluding carboxylic acids is 1. The van der Waals surface area contributed by atoms with Crippen LogP contribution in [0.25, 0.3) is 0 Å². The zero-order valence-corrected chi connectivity index (χ0v) is 12.8. The van der Waals surface area contributed by atoms with Crippen LogP contribution in [-0.4, -0.2) is 24.5 Å². The first kappa shape index (κ1) is 14.4. The maximum atomic E-state index is 11.6. The van der Waals surface area contributed by atoms with Crippen LogP contribution in [0.4, 0.5) is 0 Å². The Morgan fingerprint density at radius 2 is 1.65 bits per heavy atom. The predicted molar refractivity (Wildman–Crippen MR) is 81.6 cm³/mol. The van der Waals surface area contributed by atoms with E-state index in [9.17, 15) is 4.79 Å². The van der Waals surface area contributed by atoms with E-state index in [1.165, 1.54) is 64.2 Å². The smallest absolute Gasteiger partial charge is 0.220 e. The molecule has 0 saturated heterocycles. The van der Waals surface area contributed by atoms with Crippen molar-refractivity contribution in [1.29, 1.82) is 0 Å². The van der Waals surface area contributed by atoms with Crippen LogP contribution in [0.1, 0.15) is 77.0 Å². The molecule has 0 radical (unpaired) electrons. The molecule has 1 spiro atoms. The Morgan fingerprint density at radius 1 is 0.950 bits per heavy atom. The maximum Gasteiger partial charge on any atom is 0.220 e. The van der Waals surface area contributed by atoms with E-state index in [4.69, 9.17) is 0 Å². The van der Waals surface area contributed by atoms with Gasteiger partial charge in [-0.1, -0.05) is 12.8 Å². The largest absolute Gasteiger partial charge is 0.353 e. The number of rotatable bonds is 6. The molecule has 3 fully saturated rings. The molecule has 20 heavy (non-hydrogen) atoms. The highest BCUT2D eigenvalue weighted by atomic mass is 16.1. The van der Waals surface area contributed by atoms with E-state index in [0.29, 0.717) is 18.5 Å². The number of hydrogen-bond acceptors (Lipinski definition) is 2. The Balaban J connectivity index is 1.25. The van der Waals surface area contributed by atoms with Gasteiger partial charge in [0.2, 0.25) is 5.91 Å². The first-order valence-electron chi connectivity index (χ1n) is 8.79. The van der Waals surface area contributed by atoms with E-state index < -0.39 is 0 Å². The van der Waals surface area contributed by atoms with Gasteiger partial charge in [-0.15, -0.1) is 0 Å². The van der Waals surface area contributed by atoms with Gasteiger partial charge in [0, 0.05) is 18.5 Å². The summed E-state index contributed by atoms with van der Waals surface area (Å²) in [5.74, 6) is 0.253. The zero-order valence-electron chi connectivity index (χ0n) is 12.8. The van der Waals surface area contributed by atoms with E-state index in [1.54, 1.807) is 0 Å². The highest BCUT2D eigenvalue weighted by Crippen LogP contribution is 2.48. The Labute approximate surface area is 123 Å². The lowest BCUT2D eigenvalue weighted by Gasteiger charge is -2.37. The van der Waals surface area contributed by atoms with Crippen molar-refractivity contribution in [2.24, 2.45) is 5.41 Å². The van der Waals surface area contributed by atoms with E-state index in [-0.39, 0.29) is 5.91 Å². The third kappa shape index (κ3) is 3.97. The summed E-state index contributed by atoms with van der Waals surface area (Å²) >= 11 is 0. The molecule has 3 nitrogen and oxygen atoms in total. The second-order valence-corrected chi connectivity index (χ2v) is 7.38. The number of amides is 1. The molecule has 3 saturated carbocycles. The van der Waals surface area contributed by atoms with Gasteiger partial charge >= 0.3 is 0 Å². The third-order valence-corrected chi connectivity index (χ3v) is 5.67. The minimum absolute atomic E-state index is 0.253. The molecule has 3 aliphatic carbocycles. The normalized spacial score (nSPS) is 26.0. The van der Waals surface area contributed by atoms with Crippen molar-refractivity contribution in [2.75, 3.05) is 6.54 Å². The zero-order chi connectivity index (χ0) is 13.8. The molecule has 114 valence electrons. The molecule has 3 aliphatic rings. The number of hydrogen-bond donors (Lipinski definition) is 2. The summed E-state index contributed by atoms with van der Waals surface area (Å²) in [7, 11) is 0. The molecule has 0 heterocycles. The van der Waals surface area contributed by atoms with Crippen molar-refractivity contribution in [2.45, 2.75) is 89.1 Å². The molecular weight excluding hydrogens is 248 g/mol. The van der Waals surface area contributed by atoms with Crippen molar-refractivity contribution in [1.82, 2.24) is 10.6 Å². The average Bonchev–Trinajstić information content (AvgIpc) is 3.15. The number of nitrogens with one attached hydrogen (secondary N) is 2. The van der Waals surface area contributed by atoms with Gasteiger partial charge in [0.25, 0.3) is 0 Å². The first-order valence-corrected chi connectivity index (χ1v) is 8.79. The first-order chi connectivity index (χ1) is 9.76. The molecule has 2 N–H and O–H groups in total. The lowest BCUT2D eigenvalue weighted by atomic mass is 9.71. The average molecular weight is 278 g/mol. The van der Waals surface area contributed by atoms with E-state index >= 15 is 0 Å². The van der Waals surface area contributed by atoms with Gasteiger partial charge in [-0.2, -0.15) is 0 Å². The fourth-order valence-electron chi connectivity index (χ4n) is 4.14. The molecule has 0 aliphatic heterocycles. The van der Waals surface area contributed by atoms with Crippen LogP contribution >= 0.6 is 0 Å². The molecule has 0 aromatic rings. The second-order valence-electron chi connectivity index (χ2n) is 7.38. The van der Waals surface area contributed by atoms with Gasteiger partial charge < -0.3 is 10.6 Å². The molecule has 0 aromatic carbocycles. The van der Waals surface area contributed by atoms with Crippen LogP contribution in [0.15, 0.2) is 0 Å². The van der Waals surface area contributed by atoms with Crippen LogP contribution in [0.2, 0.25) is 0 Å². The fourth-order valence-corrected chi connectivity index (χ4v) is 4.14. The quantitative estimate of drug-likeness (QED) is 0.733. The number of carbonyl (C=O) groups is 1. The molecule has 0 atom stereocenters. The van der Waals surface area contributed by atoms with Crippen molar-refractivity contribution in [3.8, 4) is 0 Å². The minimum atomic E-state index is 0.253. The van der Waals surface area contributed by atoms with Crippen molar-refractivity contribution < 1.29 is 4.79 Å². The standard InChI is InChI=1S/C17H30N2O/c20-16(19-15-5-6-15)4-3-13-18-14-7-11-17(12-8-14)9-1-2-10-17/h14-15,18H,1-13H2,(H,19,20). The Morgan fingerprint density at radius 3 is 2.30 bits per heavy atom. The van der Waals surface area contributed by atoms with Crippen molar-refractivity contribution in [3.63, 3.8) is 0 Å². The van der Waals surface area contributed by atoms with Crippen LogP contribution < -0.4 is 10.6 Å². The van der Waals surface area contributed by atoms with E-state index in [1.807, 2.05) is 0 Å². The second kappa shape index (κ2) is 6.46. The summed E-state index contributed by atoms with van der Waals surface area (Å²) in [5, 5.41) is 6.73. The maximum absolute atomic E-state index is 11.6. The Hall–Kier alpha value is -0.570. The highest BCUT2D eigenvalue weighted by Gasteiger charge is 2.37. The monoisotopic (exact) mass is 278 g/mol. The summed E-state index contributed by atoms with van der Waals surface area (Å²) in [4.78, 5) is 11.6. The molecule has 0 unspecified atom stereocenters. The van der Waals surface area contributed by atoms with Gasteiger partial charge in [-0.05, 0) is 69.7 Å². The summed E-state index contributed by atoms with van der Waals surface area (Å²) in [5.41, 5.74) is 0.738. The van der Waals surface area contributed by atoms with Crippen molar-refractivity contribution >= 4 is 5.91 Å². The molecule has 0 aromatic heterocycles. The van der Waals surface area contributed by atoms with Crippen LogP contribution in [0.3, 0.4) is 0 Å². The predicted octanol–water partition coefficient (Wildman–Crippen LogP) is 3.14. The lowest BCUT2D eigenvalue weighted by Crippen LogP contribution is -2.37. The van der Waals surface area contributed by atoms with Crippen LogP contribution in [0.5, 0.6) is 0 Å². The topological polar surface area (TPSA) is 41.1 Å². The van der Waals surface area contributed by atoms with Gasteiger partial charge in [0.15, 0.2) is 0 Å². The van der Waals surface area contributed by atoms with Crippen LogP contribution in [-0.2, 0) is 4.79 Å². The van der Waals surface area contributed by atoms with E-state index in [0.717, 1.165) is 18.4 Å². The summed E-state index contributed by atoms with van der Waals surface area (Å²) in [6, 6.07) is 1.23. The minimum Gasteiger partial charge on any atom is -0.353 e. The highest BCUT2D eigenvalue weighted by molar-refractivity contribution is 5.76. The van der Waals surface area contributed by atoms with Gasteiger partial charge in [-0.3, -0.25) is 4.79 Å². The van der Waals surface area contributed by atoms with E-state index in [2.05, 4.69) is 10.6 Å². The summed E-state index contributed by atoms with van der Waals surface area (Å²) in [6.07, 6.45) is 15.6.